The zero-order chi connectivity index (χ0) is 22.0. The van der Waals surface area contributed by atoms with Crippen molar-refractivity contribution in [2.24, 2.45) is 5.73 Å². The normalized spacial score (nSPS) is 12.7. The molecule has 1 aliphatic rings. The van der Waals surface area contributed by atoms with Crippen molar-refractivity contribution >= 4 is 45.3 Å². The molecule has 3 amide bonds. The Labute approximate surface area is 186 Å². The number of urea groups is 1. The van der Waals surface area contributed by atoms with Crippen LogP contribution in [0.3, 0.4) is 0 Å². The fourth-order valence-electron chi connectivity index (χ4n) is 3.64. The number of primary amides is 1. The van der Waals surface area contributed by atoms with Crippen molar-refractivity contribution < 1.29 is 14.3 Å². The van der Waals surface area contributed by atoms with Gasteiger partial charge in [-0.05, 0) is 56.0 Å². The van der Waals surface area contributed by atoms with Crippen molar-refractivity contribution in [2.45, 2.75) is 37.8 Å². The van der Waals surface area contributed by atoms with Crippen LogP contribution in [-0.4, -0.2) is 33.8 Å². The van der Waals surface area contributed by atoms with Gasteiger partial charge in [-0.2, -0.15) is 0 Å². The number of carbonyl (C=O) groups is 2. The Kier molecular flexibility index (Phi) is 6.28. The van der Waals surface area contributed by atoms with Crippen LogP contribution in [0, 0.1) is 0 Å². The van der Waals surface area contributed by atoms with Gasteiger partial charge in [0.05, 0.1) is 17.7 Å². The molecule has 8 nitrogen and oxygen atoms in total. The number of imide groups is 1. The van der Waals surface area contributed by atoms with Crippen LogP contribution in [0.15, 0.2) is 34.2 Å². The van der Waals surface area contributed by atoms with Crippen LogP contribution in [0.1, 0.15) is 30.2 Å². The standard InChI is InChI=1S/C21H22N4O4S2/c1-2-29-13-8-6-12(7-9-13)25-19(27)17-14-4-3-5-15(14)31-18(17)24-21(25)30-11-10-16(26)23-20(22)28/h6-9H,2-5,10-11H2,1H3,(H3,22,23,26,28). The van der Waals surface area contributed by atoms with Crippen molar-refractivity contribution in [2.75, 3.05) is 12.4 Å². The molecule has 2 aromatic heterocycles. The molecular formula is C21H22N4O4S2. The van der Waals surface area contributed by atoms with E-state index in [1.807, 2.05) is 36.5 Å². The molecule has 3 N–H and O–H groups in total. The minimum Gasteiger partial charge on any atom is -0.494 e. The quantitative estimate of drug-likeness (QED) is 0.415. The van der Waals surface area contributed by atoms with Crippen LogP contribution in [0.2, 0.25) is 0 Å². The Morgan fingerprint density at radius 2 is 2.06 bits per heavy atom. The Balaban J connectivity index is 1.72. The summed E-state index contributed by atoms with van der Waals surface area (Å²) in [7, 11) is 0. The van der Waals surface area contributed by atoms with Crippen LogP contribution in [0.25, 0.3) is 15.9 Å². The van der Waals surface area contributed by atoms with Gasteiger partial charge in [0.25, 0.3) is 5.56 Å². The number of benzene rings is 1. The van der Waals surface area contributed by atoms with Crippen molar-refractivity contribution in [3.8, 4) is 11.4 Å². The van der Waals surface area contributed by atoms with Gasteiger partial charge in [-0.25, -0.2) is 9.78 Å². The van der Waals surface area contributed by atoms with E-state index in [4.69, 9.17) is 15.5 Å². The van der Waals surface area contributed by atoms with Crippen molar-refractivity contribution in [3.63, 3.8) is 0 Å². The number of hydrogen-bond donors (Lipinski definition) is 2. The maximum absolute atomic E-state index is 13.6. The van der Waals surface area contributed by atoms with Gasteiger partial charge < -0.3 is 10.5 Å². The highest BCUT2D eigenvalue weighted by molar-refractivity contribution is 7.99. The van der Waals surface area contributed by atoms with Crippen LogP contribution in [0.5, 0.6) is 5.75 Å². The third kappa shape index (κ3) is 4.45. The molecule has 0 unspecified atom stereocenters. The topological polar surface area (TPSA) is 116 Å². The maximum atomic E-state index is 13.6. The second-order valence-electron chi connectivity index (χ2n) is 7.01. The molecule has 0 saturated heterocycles. The number of fused-ring (bicyclic) bond motifs is 3. The Morgan fingerprint density at radius 1 is 1.29 bits per heavy atom. The Hall–Kier alpha value is -2.85. The number of nitrogens with one attached hydrogen (secondary N) is 1. The molecular weight excluding hydrogens is 436 g/mol. The SMILES string of the molecule is CCOc1ccc(-n2c(SCCC(=O)NC(N)=O)nc3sc4c(c3c2=O)CCC4)cc1. The molecule has 4 rings (SSSR count). The summed E-state index contributed by atoms with van der Waals surface area (Å²) in [5.74, 6) is 0.604. The largest absolute Gasteiger partial charge is 0.494 e. The van der Waals surface area contributed by atoms with E-state index in [1.54, 1.807) is 15.9 Å². The van der Waals surface area contributed by atoms with Gasteiger partial charge in [-0.3, -0.25) is 19.5 Å². The summed E-state index contributed by atoms with van der Waals surface area (Å²) >= 11 is 2.87. The first-order valence-electron chi connectivity index (χ1n) is 10.0. The number of aryl methyl sites for hydroxylation is 2. The van der Waals surface area contributed by atoms with Crippen molar-refractivity contribution in [1.82, 2.24) is 14.9 Å². The molecule has 0 spiro atoms. The molecule has 0 bridgehead atoms. The van der Waals surface area contributed by atoms with E-state index in [-0.39, 0.29) is 12.0 Å². The van der Waals surface area contributed by atoms with E-state index in [9.17, 15) is 14.4 Å². The van der Waals surface area contributed by atoms with Gasteiger partial charge in [0.1, 0.15) is 10.6 Å². The first kappa shape index (κ1) is 21.4. The van der Waals surface area contributed by atoms with Crippen molar-refractivity contribution in [3.05, 3.63) is 45.1 Å². The van der Waals surface area contributed by atoms with Gasteiger partial charge in [-0.15, -0.1) is 11.3 Å². The highest BCUT2D eigenvalue weighted by Crippen LogP contribution is 2.36. The van der Waals surface area contributed by atoms with Gasteiger partial charge in [-0.1, -0.05) is 11.8 Å². The van der Waals surface area contributed by atoms with E-state index in [0.717, 1.165) is 35.4 Å². The first-order valence-corrected chi connectivity index (χ1v) is 11.8. The maximum Gasteiger partial charge on any atom is 0.318 e. The molecule has 0 fully saturated rings. The third-order valence-corrected chi connectivity index (χ3v) is 7.06. The number of hydrogen-bond acceptors (Lipinski definition) is 7. The zero-order valence-electron chi connectivity index (χ0n) is 17.0. The lowest BCUT2D eigenvalue weighted by atomic mass is 10.2. The van der Waals surface area contributed by atoms with Crippen LogP contribution in [-0.2, 0) is 17.6 Å². The number of ether oxygens (including phenoxy) is 1. The number of carbonyl (C=O) groups excluding carboxylic acids is 2. The second kappa shape index (κ2) is 9.11. The summed E-state index contributed by atoms with van der Waals surface area (Å²) in [6, 6.07) is 6.42. The summed E-state index contributed by atoms with van der Waals surface area (Å²) in [5, 5.41) is 3.25. The van der Waals surface area contributed by atoms with Crippen LogP contribution >= 0.6 is 23.1 Å². The molecule has 0 saturated carbocycles. The average Bonchev–Trinajstić information content (AvgIpc) is 3.29. The van der Waals surface area contributed by atoms with Crippen molar-refractivity contribution in [1.29, 1.82) is 0 Å². The van der Waals surface area contributed by atoms with Crippen LogP contribution < -0.4 is 21.3 Å². The predicted octanol–water partition coefficient (Wildman–Crippen LogP) is 3.01. The number of nitrogens with two attached hydrogens (primary N) is 1. The summed E-state index contributed by atoms with van der Waals surface area (Å²) in [6.45, 7) is 2.47. The molecule has 1 aliphatic carbocycles. The molecule has 162 valence electrons. The third-order valence-electron chi connectivity index (χ3n) is 4.94. The van der Waals surface area contributed by atoms with E-state index >= 15 is 0 Å². The minimum atomic E-state index is -0.881. The number of nitrogens with zero attached hydrogens (tertiary/aromatic N) is 2. The second-order valence-corrected chi connectivity index (χ2v) is 9.16. The van der Waals surface area contributed by atoms with E-state index in [1.165, 1.54) is 16.6 Å². The van der Waals surface area contributed by atoms with Gasteiger partial charge in [0.15, 0.2) is 5.16 Å². The van der Waals surface area contributed by atoms with Gasteiger partial charge >= 0.3 is 6.03 Å². The predicted molar refractivity (Wildman–Crippen MR) is 121 cm³/mol. The van der Waals surface area contributed by atoms with Gasteiger partial charge in [0.2, 0.25) is 5.91 Å². The number of amides is 3. The zero-order valence-corrected chi connectivity index (χ0v) is 18.6. The first-order chi connectivity index (χ1) is 15.0. The smallest absolute Gasteiger partial charge is 0.318 e. The summed E-state index contributed by atoms with van der Waals surface area (Å²) in [5.41, 5.74) is 6.69. The lowest BCUT2D eigenvalue weighted by Crippen LogP contribution is -2.35. The monoisotopic (exact) mass is 458 g/mol. The number of thioether (sulfide) groups is 1. The highest BCUT2D eigenvalue weighted by Gasteiger charge is 2.24. The Bertz CT molecular complexity index is 1200. The molecule has 2 heterocycles. The van der Waals surface area contributed by atoms with E-state index in [2.05, 4.69) is 0 Å². The molecule has 10 heteroatoms. The molecule has 3 aromatic rings. The molecule has 0 atom stereocenters. The number of rotatable bonds is 7. The number of thiophene rings is 1. The highest BCUT2D eigenvalue weighted by atomic mass is 32.2. The average molecular weight is 459 g/mol. The number of aromatic nitrogens is 2. The van der Waals surface area contributed by atoms with E-state index in [0.29, 0.717) is 28.6 Å². The van der Waals surface area contributed by atoms with Crippen LogP contribution in [0.4, 0.5) is 4.79 Å². The summed E-state index contributed by atoms with van der Waals surface area (Å²) in [6.07, 6.45) is 3.01. The lowest BCUT2D eigenvalue weighted by molar-refractivity contribution is -0.119. The minimum absolute atomic E-state index is 0.0751. The lowest BCUT2D eigenvalue weighted by Gasteiger charge is -2.13. The fraction of sp³-hybridized carbons (Fsp3) is 0.333. The van der Waals surface area contributed by atoms with Gasteiger partial charge in [0, 0.05) is 17.1 Å². The molecule has 0 aliphatic heterocycles. The fourth-order valence-corrected chi connectivity index (χ4v) is 5.90. The molecule has 1 aromatic carbocycles. The summed E-state index contributed by atoms with van der Waals surface area (Å²) < 4.78 is 7.11. The van der Waals surface area contributed by atoms with E-state index < -0.39 is 11.9 Å². The molecule has 0 radical (unpaired) electrons. The Morgan fingerprint density at radius 3 is 2.77 bits per heavy atom. The molecule has 31 heavy (non-hydrogen) atoms. The summed E-state index contributed by atoms with van der Waals surface area (Å²) in [4.78, 5) is 42.9.